The Kier molecular flexibility index (Phi) is 4.58. The van der Waals surface area contributed by atoms with Crippen molar-refractivity contribution in [3.63, 3.8) is 0 Å². The van der Waals surface area contributed by atoms with Gasteiger partial charge in [0.05, 0.1) is 11.9 Å². The first kappa shape index (κ1) is 17.2. The van der Waals surface area contributed by atoms with E-state index in [1.807, 2.05) is 36.4 Å². The maximum absolute atomic E-state index is 13.0. The normalized spacial score (nSPS) is 15.1. The first-order chi connectivity index (χ1) is 13.2. The van der Waals surface area contributed by atoms with Crippen molar-refractivity contribution in [3.8, 4) is 11.3 Å². The third kappa shape index (κ3) is 3.16. The Bertz CT molecular complexity index is 974. The number of nitrogens with one attached hydrogen (secondary N) is 1. The number of hydrogen-bond donors (Lipinski definition) is 1. The van der Waals surface area contributed by atoms with Crippen LogP contribution in [0.25, 0.3) is 16.9 Å². The van der Waals surface area contributed by atoms with Crippen molar-refractivity contribution in [2.45, 2.75) is 12.8 Å². The number of fused-ring (bicyclic) bond motifs is 1. The van der Waals surface area contributed by atoms with Crippen LogP contribution in [0.15, 0.2) is 48.8 Å². The molecule has 1 N–H and O–H groups in total. The topological polar surface area (TPSA) is 79.6 Å². The molecule has 0 atom stereocenters. The summed E-state index contributed by atoms with van der Waals surface area (Å²) in [6.07, 6.45) is 4.64. The van der Waals surface area contributed by atoms with Crippen LogP contribution in [0, 0.1) is 5.92 Å². The smallest absolute Gasteiger partial charge is 0.259 e. The third-order valence-corrected chi connectivity index (χ3v) is 5.10. The summed E-state index contributed by atoms with van der Waals surface area (Å²) in [7, 11) is 1.65. The molecule has 4 rings (SSSR count). The van der Waals surface area contributed by atoms with Gasteiger partial charge in [-0.25, -0.2) is 9.50 Å². The quantitative estimate of drug-likeness (QED) is 0.772. The summed E-state index contributed by atoms with van der Waals surface area (Å²) >= 11 is 0. The minimum atomic E-state index is -0.0851. The Morgan fingerprint density at radius 3 is 2.56 bits per heavy atom. The van der Waals surface area contributed by atoms with Crippen molar-refractivity contribution in [2.24, 2.45) is 5.92 Å². The molecular formula is C20H21N5O2. The molecule has 1 aliphatic heterocycles. The second-order valence-corrected chi connectivity index (χ2v) is 6.67. The molecule has 7 heteroatoms. The molecule has 0 unspecified atom stereocenters. The molecule has 27 heavy (non-hydrogen) atoms. The van der Waals surface area contributed by atoms with Gasteiger partial charge in [0.1, 0.15) is 5.56 Å². The predicted octanol–water partition coefficient (Wildman–Crippen LogP) is 1.99. The van der Waals surface area contributed by atoms with Gasteiger partial charge in [-0.3, -0.25) is 9.59 Å². The Balaban J connectivity index is 1.60. The summed E-state index contributed by atoms with van der Waals surface area (Å²) in [6.45, 7) is 1.12. The molecule has 1 saturated heterocycles. The lowest BCUT2D eigenvalue weighted by atomic mass is 9.95. The average molecular weight is 363 g/mol. The number of benzene rings is 1. The second kappa shape index (κ2) is 7.19. The Labute approximate surface area is 157 Å². The van der Waals surface area contributed by atoms with E-state index in [-0.39, 0.29) is 17.7 Å². The minimum Gasteiger partial charge on any atom is -0.359 e. The number of hydrogen-bond acceptors (Lipinski definition) is 4. The Hall–Kier alpha value is -3.22. The van der Waals surface area contributed by atoms with Crippen molar-refractivity contribution in [1.29, 1.82) is 0 Å². The third-order valence-electron chi connectivity index (χ3n) is 5.10. The molecule has 1 aromatic carbocycles. The van der Waals surface area contributed by atoms with E-state index in [2.05, 4.69) is 15.4 Å². The number of aromatic nitrogens is 3. The summed E-state index contributed by atoms with van der Waals surface area (Å²) in [4.78, 5) is 31.0. The van der Waals surface area contributed by atoms with E-state index in [1.54, 1.807) is 28.9 Å². The van der Waals surface area contributed by atoms with E-state index in [0.717, 1.165) is 11.3 Å². The van der Waals surface area contributed by atoms with Crippen molar-refractivity contribution in [2.75, 3.05) is 20.1 Å². The molecule has 2 amide bonds. The number of piperidine rings is 1. The van der Waals surface area contributed by atoms with Gasteiger partial charge >= 0.3 is 0 Å². The molecule has 0 spiro atoms. The first-order valence-corrected chi connectivity index (χ1v) is 9.08. The van der Waals surface area contributed by atoms with Gasteiger partial charge in [0, 0.05) is 37.8 Å². The standard InChI is InChI=1S/C20H21N5O2/c1-21-19(26)15-8-11-24(12-9-15)20(27)16-13-23-25-17(7-10-22-18(16)25)14-5-3-2-4-6-14/h2-7,10,13,15H,8-9,11-12H2,1H3,(H,21,26). The summed E-state index contributed by atoms with van der Waals surface area (Å²) in [5.41, 5.74) is 2.94. The largest absolute Gasteiger partial charge is 0.359 e. The molecular weight excluding hydrogens is 342 g/mol. The number of nitrogens with zero attached hydrogens (tertiary/aromatic N) is 4. The number of rotatable bonds is 3. The summed E-state index contributed by atoms with van der Waals surface area (Å²) in [6, 6.07) is 11.8. The van der Waals surface area contributed by atoms with Gasteiger partial charge in [-0.2, -0.15) is 5.10 Å². The van der Waals surface area contributed by atoms with E-state index in [9.17, 15) is 9.59 Å². The fraction of sp³-hybridized carbons (Fsp3) is 0.300. The second-order valence-electron chi connectivity index (χ2n) is 6.67. The lowest BCUT2D eigenvalue weighted by molar-refractivity contribution is -0.125. The maximum atomic E-state index is 13.0. The van der Waals surface area contributed by atoms with Crippen LogP contribution in [0.1, 0.15) is 23.2 Å². The van der Waals surface area contributed by atoms with Crippen molar-refractivity contribution in [1.82, 2.24) is 24.8 Å². The van der Waals surface area contributed by atoms with Gasteiger partial charge < -0.3 is 10.2 Å². The fourth-order valence-corrected chi connectivity index (χ4v) is 3.59. The fourth-order valence-electron chi connectivity index (χ4n) is 3.59. The van der Waals surface area contributed by atoms with Crippen LogP contribution in [-0.4, -0.2) is 51.4 Å². The van der Waals surface area contributed by atoms with E-state index in [0.29, 0.717) is 37.1 Å². The van der Waals surface area contributed by atoms with Crippen molar-refractivity contribution < 1.29 is 9.59 Å². The highest BCUT2D eigenvalue weighted by Crippen LogP contribution is 2.23. The van der Waals surface area contributed by atoms with Gasteiger partial charge in [-0.1, -0.05) is 30.3 Å². The minimum absolute atomic E-state index is 0.0224. The zero-order valence-corrected chi connectivity index (χ0v) is 15.1. The molecule has 138 valence electrons. The van der Waals surface area contributed by atoms with Crippen LogP contribution >= 0.6 is 0 Å². The molecule has 0 aliphatic carbocycles. The molecule has 1 aliphatic rings. The van der Waals surface area contributed by atoms with Crippen molar-refractivity contribution in [3.05, 3.63) is 54.4 Å². The number of carbonyl (C=O) groups is 2. The molecule has 0 saturated carbocycles. The van der Waals surface area contributed by atoms with E-state index < -0.39 is 0 Å². The molecule has 0 radical (unpaired) electrons. The zero-order chi connectivity index (χ0) is 18.8. The highest BCUT2D eigenvalue weighted by molar-refractivity contribution is 6.00. The zero-order valence-electron chi connectivity index (χ0n) is 15.1. The lowest BCUT2D eigenvalue weighted by Gasteiger charge is -2.30. The average Bonchev–Trinajstić information content (AvgIpc) is 3.17. The van der Waals surface area contributed by atoms with E-state index in [1.165, 1.54) is 0 Å². The Morgan fingerprint density at radius 2 is 1.85 bits per heavy atom. The highest BCUT2D eigenvalue weighted by atomic mass is 16.2. The van der Waals surface area contributed by atoms with Gasteiger partial charge in [-0.05, 0) is 18.9 Å². The molecule has 1 fully saturated rings. The summed E-state index contributed by atoms with van der Waals surface area (Å²) in [5, 5.41) is 7.10. The molecule has 3 heterocycles. The highest BCUT2D eigenvalue weighted by Gasteiger charge is 2.29. The van der Waals surface area contributed by atoms with Gasteiger partial charge in [0.15, 0.2) is 5.65 Å². The summed E-state index contributed by atoms with van der Waals surface area (Å²) < 4.78 is 1.71. The first-order valence-electron chi connectivity index (χ1n) is 9.08. The predicted molar refractivity (Wildman–Crippen MR) is 101 cm³/mol. The van der Waals surface area contributed by atoms with Crippen LogP contribution in [0.5, 0.6) is 0 Å². The monoisotopic (exact) mass is 363 g/mol. The molecule has 3 aromatic rings. The van der Waals surface area contributed by atoms with E-state index >= 15 is 0 Å². The Morgan fingerprint density at radius 1 is 1.11 bits per heavy atom. The summed E-state index contributed by atoms with van der Waals surface area (Å²) in [5.74, 6) is -0.0592. The van der Waals surface area contributed by atoms with Crippen LogP contribution in [0.4, 0.5) is 0 Å². The van der Waals surface area contributed by atoms with Gasteiger partial charge in [0.25, 0.3) is 5.91 Å². The number of carbonyl (C=O) groups excluding carboxylic acids is 2. The number of amides is 2. The number of likely N-dealkylation sites (tertiary alicyclic amines) is 1. The van der Waals surface area contributed by atoms with Crippen molar-refractivity contribution >= 4 is 17.5 Å². The van der Waals surface area contributed by atoms with E-state index in [4.69, 9.17) is 0 Å². The SMILES string of the molecule is CNC(=O)C1CCN(C(=O)c2cnn3c(-c4ccccc4)ccnc23)CC1. The molecule has 7 nitrogen and oxygen atoms in total. The maximum Gasteiger partial charge on any atom is 0.259 e. The van der Waals surface area contributed by atoms with Crippen LogP contribution in [0.3, 0.4) is 0 Å². The van der Waals surface area contributed by atoms with Gasteiger partial charge in [0.2, 0.25) is 5.91 Å². The van der Waals surface area contributed by atoms with Crippen LogP contribution in [-0.2, 0) is 4.79 Å². The lowest BCUT2D eigenvalue weighted by Crippen LogP contribution is -2.42. The molecule has 0 bridgehead atoms. The van der Waals surface area contributed by atoms with Gasteiger partial charge in [-0.15, -0.1) is 0 Å². The molecule has 2 aromatic heterocycles. The van der Waals surface area contributed by atoms with Crippen LogP contribution in [0.2, 0.25) is 0 Å². The van der Waals surface area contributed by atoms with Crippen LogP contribution < -0.4 is 5.32 Å².